The molecule has 0 unspecified atom stereocenters. The van der Waals surface area contributed by atoms with E-state index in [-0.39, 0.29) is 6.03 Å². The third kappa shape index (κ3) is 5.17. The van der Waals surface area contributed by atoms with Crippen LogP contribution in [0.2, 0.25) is 0 Å². The van der Waals surface area contributed by atoms with Crippen LogP contribution >= 0.6 is 0 Å². The van der Waals surface area contributed by atoms with Crippen LogP contribution in [0.4, 0.5) is 16.2 Å². The number of nitrogens with zero attached hydrogens (tertiary/aromatic N) is 1. The van der Waals surface area contributed by atoms with Crippen LogP contribution in [0.5, 0.6) is 5.75 Å². The Hall–Kier alpha value is -3.00. The summed E-state index contributed by atoms with van der Waals surface area (Å²) in [5.41, 5.74) is 1.37. The number of rotatable bonds is 6. The Bertz CT molecular complexity index is 650. The van der Waals surface area contributed by atoms with Gasteiger partial charge in [-0.15, -0.1) is 0 Å². The van der Waals surface area contributed by atoms with E-state index in [1.165, 1.54) is 0 Å². The molecule has 5 heteroatoms. The number of hydrogen-bond acceptors (Lipinski definition) is 3. The monoisotopic (exact) mass is 295 g/mol. The number of carbonyl (C=O) groups is 1. The van der Waals surface area contributed by atoms with Crippen molar-refractivity contribution in [2.24, 2.45) is 0 Å². The Balaban J connectivity index is 1.87. The average molecular weight is 295 g/mol. The summed E-state index contributed by atoms with van der Waals surface area (Å²) in [7, 11) is 0. The van der Waals surface area contributed by atoms with Crippen LogP contribution in [0.3, 0.4) is 0 Å². The van der Waals surface area contributed by atoms with Crippen molar-refractivity contribution in [2.75, 3.05) is 17.2 Å². The zero-order chi connectivity index (χ0) is 15.6. The van der Waals surface area contributed by atoms with Gasteiger partial charge in [-0.1, -0.05) is 24.3 Å². The summed E-state index contributed by atoms with van der Waals surface area (Å²) in [5.74, 6) is 0.662. The number of hydrogen-bond donors (Lipinski definition) is 2. The predicted octanol–water partition coefficient (Wildman–Crippen LogP) is 4.01. The maximum atomic E-state index is 11.9. The highest BCUT2D eigenvalue weighted by molar-refractivity contribution is 5.99. The molecule has 0 aliphatic rings. The van der Waals surface area contributed by atoms with E-state index in [1.807, 2.05) is 36.4 Å². The normalized spacial score (nSPS) is 9.59. The molecule has 0 aliphatic heterocycles. The molecule has 2 aromatic carbocycles. The minimum absolute atomic E-state index is 0.312. The lowest BCUT2D eigenvalue weighted by Gasteiger charge is -2.09. The molecule has 0 spiro atoms. The van der Waals surface area contributed by atoms with E-state index in [0.29, 0.717) is 30.9 Å². The van der Waals surface area contributed by atoms with Gasteiger partial charge in [0.05, 0.1) is 12.7 Å². The Labute approximate surface area is 129 Å². The first-order valence-electron chi connectivity index (χ1n) is 7.01. The lowest BCUT2D eigenvalue weighted by atomic mass is 10.3. The second-order valence-electron chi connectivity index (χ2n) is 4.58. The van der Waals surface area contributed by atoms with Gasteiger partial charge in [0.1, 0.15) is 5.75 Å². The zero-order valence-electron chi connectivity index (χ0n) is 12.1. The highest BCUT2D eigenvalue weighted by Crippen LogP contribution is 2.18. The van der Waals surface area contributed by atoms with Crippen LogP contribution in [-0.2, 0) is 0 Å². The highest BCUT2D eigenvalue weighted by Gasteiger charge is 2.03. The molecular formula is C17H17N3O2. The third-order valence-corrected chi connectivity index (χ3v) is 2.83. The third-order valence-electron chi connectivity index (χ3n) is 2.83. The second-order valence-corrected chi connectivity index (χ2v) is 4.58. The van der Waals surface area contributed by atoms with Crippen LogP contribution in [-0.4, -0.2) is 12.6 Å². The molecule has 0 aromatic heterocycles. The van der Waals surface area contributed by atoms with Crippen molar-refractivity contribution in [1.82, 2.24) is 0 Å². The number of nitriles is 1. The maximum absolute atomic E-state index is 11.9. The maximum Gasteiger partial charge on any atom is 0.323 e. The van der Waals surface area contributed by atoms with Crippen molar-refractivity contribution in [2.45, 2.75) is 12.8 Å². The van der Waals surface area contributed by atoms with Crippen molar-refractivity contribution < 1.29 is 9.53 Å². The van der Waals surface area contributed by atoms with Gasteiger partial charge in [-0.25, -0.2) is 4.79 Å². The summed E-state index contributed by atoms with van der Waals surface area (Å²) in [6.07, 6.45) is 1.15. The van der Waals surface area contributed by atoms with Crippen molar-refractivity contribution in [3.8, 4) is 11.8 Å². The fourth-order valence-corrected chi connectivity index (χ4v) is 1.82. The Kier molecular flexibility index (Phi) is 5.82. The summed E-state index contributed by atoms with van der Waals surface area (Å²) in [6.45, 7) is 0.479. The van der Waals surface area contributed by atoms with Crippen LogP contribution < -0.4 is 15.4 Å². The quantitative estimate of drug-likeness (QED) is 0.791. The second kappa shape index (κ2) is 8.32. The molecule has 2 N–H and O–H groups in total. The van der Waals surface area contributed by atoms with Gasteiger partial charge in [0.25, 0.3) is 0 Å². The summed E-state index contributed by atoms with van der Waals surface area (Å²) in [5, 5.41) is 14.0. The largest absolute Gasteiger partial charge is 0.493 e. The predicted molar refractivity (Wildman–Crippen MR) is 85.9 cm³/mol. The first-order chi connectivity index (χ1) is 10.8. The van der Waals surface area contributed by atoms with Gasteiger partial charge in [-0.2, -0.15) is 5.26 Å². The van der Waals surface area contributed by atoms with E-state index in [9.17, 15) is 4.79 Å². The van der Waals surface area contributed by atoms with Gasteiger partial charge >= 0.3 is 6.03 Å². The number of amides is 2. The minimum Gasteiger partial charge on any atom is -0.493 e. The average Bonchev–Trinajstić information content (AvgIpc) is 2.53. The zero-order valence-corrected chi connectivity index (χ0v) is 12.1. The lowest BCUT2D eigenvalue weighted by Crippen LogP contribution is -2.19. The topological polar surface area (TPSA) is 74.1 Å². The molecule has 0 heterocycles. The first-order valence-corrected chi connectivity index (χ1v) is 7.01. The summed E-state index contributed by atoms with van der Waals surface area (Å²) < 4.78 is 5.53. The van der Waals surface area contributed by atoms with E-state index in [0.717, 1.165) is 5.69 Å². The molecule has 5 nitrogen and oxygen atoms in total. The Morgan fingerprint density at radius 3 is 2.55 bits per heavy atom. The number of anilines is 2. The van der Waals surface area contributed by atoms with Crippen LogP contribution in [0, 0.1) is 11.3 Å². The molecule has 112 valence electrons. The summed E-state index contributed by atoms with van der Waals surface area (Å²) >= 11 is 0. The van der Waals surface area contributed by atoms with Gasteiger partial charge < -0.3 is 15.4 Å². The standard InChI is InChI=1S/C17H17N3O2/c18-11-4-5-12-22-16-10-6-9-15(13-16)20-17(21)19-14-7-2-1-3-8-14/h1-3,6-10,13H,4-5,12H2,(H2,19,20,21). The molecule has 0 atom stereocenters. The molecule has 0 bridgehead atoms. The Morgan fingerprint density at radius 1 is 1.05 bits per heavy atom. The van der Waals surface area contributed by atoms with Crippen molar-refractivity contribution in [1.29, 1.82) is 5.26 Å². The number of nitrogens with one attached hydrogen (secondary N) is 2. The van der Waals surface area contributed by atoms with Crippen LogP contribution in [0.15, 0.2) is 54.6 Å². The number of unbranched alkanes of at least 4 members (excludes halogenated alkanes) is 1. The van der Waals surface area contributed by atoms with E-state index >= 15 is 0 Å². The van der Waals surface area contributed by atoms with E-state index < -0.39 is 0 Å². The fourth-order valence-electron chi connectivity index (χ4n) is 1.82. The molecule has 2 rings (SSSR count). The molecule has 22 heavy (non-hydrogen) atoms. The number of urea groups is 1. The molecule has 0 saturated carbocycles. The van der Waals surface area contributed by atoms with Crippen molar-refractivity contribution in [3.63, 3.8) is 0 Å². The molecule has 0 aliphatic carbocycles. The van der Waals surface area contributed by atoms with E-state index in [4.69, 9.17) is 10.00 Å². The summed E-state index contributed by atoms with van der Waals surface area (Å²) in [6, 6.07) is 18.1. The van der Waals surface area contributed by atoms with Gasteiger partial charge in [0, 0.05) is 23.9 Å². The van der Waals surface area contributed by atoms with Crippen molar-refractivity contribution >= 4 is 17.4 Å². The molecule has 0 saturated heterocycles. The SMILES string of the molecule is N#CCCCOc1cccc(NC(=O)Nc2ccccc2)c1. The minimum atomic E-state index is -0.312. The fraction of sp³-hybridized carbons (Fsp3) is 0.176. The number of carbonyl (C=O) groups excluding carboxylic acids is 1. The lowest BCUT2D eigenvalue weighted by molar-refractivity contribution is 0.262. The Morgan fingerprint density at radius 2 is 1.77 bits per heavy atom. The number of benzene rings is 2. The molecule has 0 fully saturated rings. The summed E-state index contributed by atoms with van der Waals surface area (Å²) in [4.78, 5) is 11.9. The highest BCUT2D eigenvalue weighted by atomic mass is 16.5. The number of ether oxygens (including phenoxy) is 1. The van der Waals surface area contributed by atoms with Gasteiger partial charge in [0.15, 0.2) is 0 Å². The number of para-hydroxylation sites is 1. The van der Waals surface area contributed by atoms with Crippen LogP contribution in [0.1, 0.15) is 12.8 Å². The molecule has 2 amide bonds. The van der Waals surface area contributed by atoms with Gasteiger partial charge in [-0.3, -0.25) is 0 Å². The van der Waals surface area contributed by atoms with Gasteiger partial charge in [-0.05, 0) is 30.7 Å². The van der Waals surface area contributed by atoms with E-state index in [2.05, 4.69) is 16.7 Å². The van der Waals surface area contributed by atoms with Crippen LogP contribution in [0.25, 0.3) is 0 Å². The smallest absolute Gasteiger partial charge is 0.323 e. The van der Waals surface area contributed by atoms with Gasteiger partial charge in [0.2, 0.25) is 0 Å². The molecule has 2 aromatic rings. The molecular weight excluding hydrogens is 278 g/mol. The molecule has 0 radical (unpaired) electrons. The van der Waals surface area contributed by atoms with E-state index in [1.54, 1.807) is 18.2 Å². The van der Waals surface area contributed by atoms with Crippen molar-refractivity contribution in [3.05, 3.63) is 54.6 Å². The first kappa shape index (κ1) is 15.4.